The first-order valence-electron chi connectivity index (χ1n) is 6.01. The summed E-state index contributed by atoms with van der Waals surface area (Å²) in [4.78, 5) is 8.17. The maximum Gasteiger partial charge on any atom is 0.168 e. The predicted molar refractivity (Wildman–Crippen MR) is 75.4 cm³/mol. The van der Waals surface area contributed by atoms with Crippen molar-refractivity contribution in [1.29, 1.82) is 0 Å². The van der Waals surface area contributed by atoms with Gasteiger partial charge in [0.25, 0.3) is 0 Å². The maximum atomic E-state index is 5.39. The van der Waals surface area contributed by atoms with E-state index in [2.05, 4.69) is 28.9 Å². The molecule has 0 unspecified atom stereocenters. The molecule has 0 aliphatic carbocycles. The number of allylic oxidation sites excluding steroid dienone is 1. The van der Waals surface area contributed by atoms with Crippen LogP contribution in [0.25, 0.3) is 16.7 Å². The van der Waals surface area contributed by atoms with Crippen LogP contribution in [0.4, 0.5) is 0 Å². The lowest BCUT2D eigenvalue weighted by Crippen LogP contribution is -2.19. The van der Waals surface area contributed by atoms with E-state index in [0.717, 1.165) is 29.2 Å². The summed E-state index contributed by atoms with van der Waals surface area (Å²) in [5.41, 5.74) is 3.50. The van der Waals surface area contributed by atoms with E-state index in [-0.39, 0.29) is 0 Å². The van der Waals surface area contributed by atoms with Crippen molar-refractivity contribution in [2.45, 2.75) is 6.92 Å². The minimum absolute atomic E-state index is 0.910. The highest BCUT2D eigenvalue weighted by Gasteiger charge is 2.30. The molecule has 90 valence electrons. The molecule has 4 heteroatoms. The Hall–Kier alpha value is -1.68. The first-order chi connectivity index (χ1) is 8.83. The number of rotatable bonds is 1. The molecule has 0 atom stereocenters. The molecule has 1 aromatic heterocycles. The Morgan fingerprint density at radius 1 is 1.33 bits per heavy atom. The second-order valence-corrected chi connectivity index (χ2v) is 5.68. The Labute approximate surface area is 109 Å². The van der Waals surface area contributed by atoms with Gasteiger partial charge in [-0.1, -0.05) is 11.8 Å². The average molecular weight is 256 g/mol. The zero-order valence-corrected chi connectivity index (χ0v) is 10.8. The molecule has 2 aliphatic rings. The number of amidine groups is 1. The Morgan fingerprint density at radius 2 is 2.28 bits per heavy atom. The topological polar surface area (TPSA) is 28.7 Å². The number of aliphatic imine (C=N–C) groups is 1. The summed E-state index contributed by atoms with van der Waals surface area (Å²) in [5.74, 6) is 0. The van der Waals surface area contributed by atoms with Gasteiger partial charge < -0.3 is 9.32 Å². The fraction of sp³-hybridized carbons (Fsp3) is 0.214. The second kappa shape index (κ2) is 3.65. The summed E-state index contributed by atoms with van der Waals surface area (Å²) in [7, 11) is 0. The summed E-state index contributed by atoms with van der Waals surface area (Å²) in [5, 5.41) is 2.30. The highest BCUT2D eigenvalue weighted by molar-refractivity contribution is 8.17. The van der Waals surface area contributed by atoms with Gasteiger partial charge in [-0.2, -0.15) is 0 Å². The average Bonchev–Trinajstić information content (AvgIpc) is 3.02. The fourth-order valence-electron chi connectivity index (χ4n) is 2.57. The molecule has 3 nitrogen and oxygen atoms in total. The third kappa shape index (κ3) is 1.35. The molecule has 0 N–H and O–H groups in total. The minimum Gasteiger partial charge on any atom is -0.464 e. The fourth-order valence-corrected chi connectivity index (χ4v) is 3.62. The van der Waals surface area contributed by atoms with E-state index in [9.17, 15) is 0 Å². The van der Waals surface area contributed by atoms with Crippen LogP contribution in [0.1, 0.15) is 12.5 Å². The Morgan fingerprint density at radius 3 is 3.22 bits per heavy atom. The standard InChI is InChI=1S/C14H12N2OS/c1-9-13(16-6-5-15-14(16)18-9)11-2-3-12-10(8-11)4-7-17-12/h2-4,7-8H,5-6H2,1H3. The lowest BCUT2D eigenvalue weighted by atomic mass is 10.1. The molecule has 0 spiro atoms. The highest BCUT2D eigenvalue weighted by atomic mass is 32.2. The van der Waals surface area contributed by atoms with Crippen molar-refractivity contribution in [2.24, 2.45) is 4.99 Å². The quantitative estimate of drug-likeness (QED) is 0.781. The molecule has 3 heterocycles. The number of hydrogen-bond acceptors (Lipinski definition) is 4. The zero-order chi connectivity index (χ0) is 12.1. The van der Waals surface area contributed by atoms with E-state index in [1.54, 1.807) is 18.0 Å². The van der Waals surface area contributed by atoms with E-state index in [1.165, 1.54) is 16.2 Å². The number of hydrogen-bond donors (Lipinski definition) is 0. The lowest BCUT2D eigenvalue weighted by Gasteiger charge is -2.17. The van der Waals surface area contributed by atoms with Gasteiger partial charge in [0.05, 0.1) is 18.5 Å². The number of thioether (sulfide) groups is 1. The molecule has 2 aliphatic heterocycles. The van der Waals surface area contributed by atoms with Gasteiger partial charge in [-0.3, -0.25) is 4.99 Å². The van der Waals surface area contributed by atoms with Gasteiger partial charge in [-0.05, 0) is 36.8 Å². The SMILES string of the molecule is CC1=C(c2ccc3occc3c2)N2CCN=C2S1. The van der Waals surface area contributed by atoms with Gasteiger partial charge in [0.15, 0.2) is 5.17 Å². The molecular weight excluding hydrogens is 244 g/mol. The monoisotopic (exact) mass is 256 g/mol. The van der Waals surface area contributed by atoms with Crippen LogP contribution in [-0.4, -0.2) is 23.2 Å². The van der Waals surface area contributed by atoms with Crippen LogP contribution in [0.15, 0.2) is 44.8 Å². The van der Waals surface area contributed by atoms with Crippen molar-refractivity contribution >= 4 is 33.6 Å². The number of furan rings is 1. The van der Waals surface area contributed by atoms with Crippen LogP contribution in [0.3, 0.4) is 0 Å². The number of nitrogens with zero attached hydrogens (tertiary/aromatic N) is 2. The van der Waals surface area contributed by atoms with E-state index >= 15 is 0 Å². The van der Waals surface area contributed by atoms with Crippen LogP contribution in [0, 0.1) is 0 Å². The Balaban J connectivity index is 1.86. The summed E-state index contributed by atoms with van der Waals surface area (Å²) in [6, 6.07) is 8.38. The highest BCUT2D eigenvalue weighted by Crippen LogP contribution is 2.41. The molecular formula is C14H12N2OS. The van der Waals surface area contributed by atoms with Gasteiger partial charge in [0.1, 0.15) is 5.58 Å². The Bertz CT molecular complexity index is 699. The molecule has 2 aromatic rings. The summed E-state index contributed by atoms with van der Waals surface area (Å²) in [6.45, 7) is 4.08. The van der Waals surface area contributed by atoms with Gasteiger partial charge in [0.2, 0.25) is 0 Å². The van der Waals surface area contributed by atoms with E-state index in [4.69, 9.17) is 4.42 Å². The van der Waals surface area contributed by atoms with Crippen LogP contribution in [0.5, 0.6) is 0 Å². The van der Waals surface area contributed by atoms with Gasteiger partial charge in [-0.25, -0.2) is 0 Å². The molecule has 0 saturated carbocycles. The summed E-state index contributed by atoms with van der Waals surface area (Å²) < 4.78 is 5.39. The van der Waals surface area contributed by atoms with Crippen molar-refractivity contribution < 1.29 is 4.42 Å². The number of fused-ring (bicyclic) bond motifs is 2. The van der Waals surface area contributed by atoms with E-state index < -0.39 is 0 Å². The third-order valence-corrected chi connectivity index (χ3v) is 4.41. The van der Waals surface area contributed by atoms with Crippen LogP contribution >= 0.6 is 11.8 Å². The second-order valence-electron chi connectivity index (χ2n) is 4.50. The molecule has 0 radical (unpaired) electrons. The first kappa shape index (κ1) is 10.3. The maximum absolute atomic E-state index is 5.39. The molecule has 1 aromatic carbocycles. The zero-order valence-electron chi connectivity index (χ0n) is 10.0. The summed E-state index contributed by atoms with van der Waals surface area (Å²) >= 11 is 1.78. The smallest absolute Gasteiger partial charge is 0.168 e. The molecule has 4 rings (SSSR count). The first-order valence-corrected chi connectivity index (χ1v) is 6.83. The van der Waals surface area contributed by atoms with Crippen molar-refractivity contribution in [3.8, 4) is 0 Å². The predicted octanol–water partition coefficient (Wildman–Crippen LogP) is 3.54. The normalized spacial score (nSPS) is 18.7. The van der Waals surface area contributed by atoms with Gasteiger partial charge >= 0.3 is 0 Å². The Kier molecular flexibility index (Phi) is 2.08. The van der Waals surface area contributed by atoms with Crippen molar-refractivity contribution in [1.82, 2.24) is 4.90 Å². The largest absolute Gasteiger partial charge is 0.464 e. The van der Waals surface area contributed by atoms with E-state index in [1.807, 2.05) is 12.1 Å². The third-order valence-electron chi connectivity index (χ3n) is 3.38. The molecule has 0 fully saturated rings. The molecule has 0 amide bonds. The lowest BCUT2D eigenvalue weighted by molar-refractivity contribution is 0.615. The number of benzene rings is 1. The van der Waals surface area contributed by atoms with Gasteiger partial charge in [-0.15, -0.1) is 0 Å². The van der Waals surface area contributed by atoms with Crippen LogP contribution in [-0.2, 0) is 0 Å². The van der Waals surface area contributed by atoms with Gasteiger partial charge in [0, 0.05) is 16.8 Å². The minimum atomic E-state index is 0.910. The van der Waals surface area contributed by atoms with Crippen LogP contribution < -0.4 is 0 Å². The molecule has 18 heavy (non-hydrogen) atoms. The van der Waals surface area contributed by atoms with Crippen LogP contribution in [0.2, 0.25) is 0 Å². The molecule has 0 bridgehead atoms. The van der Waals surface area contributed by atoms with Crippen molar-refractivity contribution in [3.63, 3.8) is 0 Å². The van der Waals surface area contributed by atoms with Crippen molar-refractivity contribution in [2.75, 3.05) is 13.1 Å². The van der Waals surface area contributed by atoms with Crippen molar-refractivity contribution in [3.05, 3.63) is 41.0 Å². The molecule has 0 saturated heterocycles. The van der Waals surface area contributed by atoms with E-state index in [0.29, 0.717) is 0 Å². The summed E-state index contributed by atoms with van der Waals surface area (Å²) in [6.07, 6.45) is 1.74.